The van der Waals surface area contributed by atoms with Gasteiger partial charge < -0.3 is 20.1 Å². The highest BCUT2D eigenvalue weighted by Crippen LogP contribution is 2.21. The van der Waals surface area contributed by atoms with Crippen LogP contribution in [0, 0.1) is 11.7 Å². The molecule has 2 N–H and O–H groups in total. The molecule has 0 radical (unpaired) electrons. The van der Waals surface area contributed by atoms with Crippen molar-refractivity contribution in [2.75, 3.05) is 33.4 Å². The summed E-state index contributed by atoms with van der Waals surface area (Å²) in [5.41, 5.74) is 0.382. The number of nitrogens with one attached hydrogen (secondary N) is 2. The van der Waals surface area contributed by atoms with Gasteiger partial charge in [0, 0.05) is 38.8 Å². The third kappa shape index (κ3) is 5.58. The van der Waals surface area contributed by atoms with Gasteiger partial charge in [0.25, 0.3) is 5.91 Å². The smallest absolute Gasteiger partial charge is 0.251 e. The number of hydrogen-bond acceptors (Lipinski definition) is 4. The number of halogens is 1. The summed E-state index contributed by atoms with van der Waals surface area (Å²) in [6.07, 6.45) is 1.13. The van der Waals surface area contributed by atoms with Gasteiger partial charge in [-0.15, -0.1) is 0 Å². The Morgan fingerprint density at radius 1 is 1.25 bits per heavy atom. The average Bonchev–Trinajstić information content (AvgIpc) is 2.59. The zero-order chi connectivity index (χ0) is 17.4. The third-order valence-corrected chi connectivity index (χ3v) is 4.03. The Hall–Kier alpha value is -1.99. The fourth-order valence-electron chi connectivity index (χ4n) is 2.64. The van der Waals surface area contributed by atoms with Crippen LogP contribution in [-0.4, -0.2) is 51.3 Å². The maximum Gasteiger partial charge on any atom is 0.251 e. The summed E-state index contributed by atoms with van der Waals surface area (Å²) in [4.78, 5) is 23.8. The van der Waals surface area contributed by atoms with Crippen LogP contribution in [0.5, 0.6) is 0 Å². The molecule has 6 nitrogen and oxygen atoms in total. The maximum absolute atomic E-state index is 12.8. The number of rotatable bonds is 7. The molecule has 2 atom stereocenters. The molecule has 1 fully saturated rings. The molecule has 2 amide bonds. The molecule has 24 heavy (non-hydrogen) atoms. The molecule has 1 aliphatic heterocycles. The van der Waals surface area contributed by atoms with E-state index >= 15 is 0 Å². The summed E-state index contributed by atoms with van der Waals surface area (Å²) >= 11 is 0. The van der Waals surface area contributed by atoms with Gasteiger partial charge >= 0.3 is 0 Å². The number of amides is 2. The van der Waals surface area contributed by atoms with Crippen LogP contribution in [0.25, 0.3) is 0 Å². The summed E-state index contributed by atoms with van der Waals surface area (Å²) in [5, 5.41) is 5.46. The zero-order valence-electron chi connectivity index (χ0n) is 13.7. The van der Waals surface area contributed by atoms with Crippen molar-refractivity contribution in [1.29, 1.82) is 0 Å². The van der Waals surface area contributed by atoms with Gasteiger partial charge in [0.2, 0.25) is 5.91 Å². The molecule has 7 heteroatoms. The number of carbonyl (C=O) groups excluding carboxylic acids is 2. The lowest BCUT2D eigenvalue weighted by molar-refractivity contribution is -0.126. The van der Waals surface area contributed by atoms with E-state index in [1.54, 1.807) is 7.11 Å². The zero-order valence-corrected chi connectivity index (χ0v) is 13.7. The van der Waals surface area contributed by atoms with Crippen LogP contribution in [0.1, 0.15) is 23.2 Å². The van der Waals surface area contributed by atoms with Gasteiger partial charge in [0.15, 0.2) is 0 Å². The topological polar surface area (TPSA) is 76.7 Å². The fourth-order valence-corrected chi connectivity index (χ4v) is 2.64. The van der Waals surface area contributed by atoms with Crippen molar-refractivity contribution in [1.82, 2.24) is 10.6 Å². The third-order valence-electron chi connectivity index (χ3n) is 4.03. The van der Waals surface area contributed by atoms with Crippen molar-refractivity contribution < 1.29 is 23.5 Å². The van der Waals surface area contributed by atoms with Crippen LogP contribution in [0.3, 0.4) is 0 Å². The first-order valence-corrected chi connectivity index (χ1v) is 8.01. The predicted octanol–water partition coefficient (Wildman–Crippen LogP) is 1.11. The van der Waals surface area contributed by atoms with Gasteiger partial charge in [-0.3, -0.25) is 9.59 Å². The van der Waals surface area contributed by atoms with Crippen molar-refractivity contribution in [3.05, 3.63) is 35.6 Å². The van der Waals surface area contributed by atoms with Crippen LogP contribution < -0.4 is 10.6 Å². The van der Waals surface area contributed by atoms with Crippen LogP contribution in [-0.2, 0) is 14.3 Å². The molecular weight excluding hydrogens is 315 g/mol. The molecule has 2 rings (SSSR count). The van der Waals surface area contributed by atoms with Crippen molar-refractivity contribution in [3.8, 4) is 0 Å². The molecule has 0 aromatic heterocycles. The highest BCUT2D eigenvalue weighted by Gasteiger charge is 2.27. The first kappa shape index (κ1) is 18.4. The monoisotopic (exact) mass is 338 g/mol. The predicted molar refractivity (Wildman–Crippen MR) is 86.1 cm³/mol. The summed E-state index contributed by atoms with van der Waals surface area (Å²) < 4.78 is 23.5. The normalized spacial score (nSPS) is 20.4. The van der Waals surface area contributed by atoms with E-state index in [1.807, 2.05) is 0 Å². The summed E-state index contributed by atoms with van der Waals surface area (Å²) in [5.74, 6) is -0.605. The molecule has 2 unspecified atom stereocenters. The van der Waals surface area contributed by atoms with Gasteiger partial charge in [-0.2, -0.15) is 0 Å². The second-order valence-corrected chi connectivity index (χ2v) is 5.71. The lowest BCUT2D eigenvalue weighted by Crippen LogP contribution is -2.39. The quantitative estimate of drug-likeness (QED) is 0.731. The van der Waals surface area contributed by atoms with Crippen LogP contribution in [0.4, 0.5) is 4.39 Å². The van der Waals surface area contributed by atoms with Crippen LogP contribution in [0.15, 0.2) is 24.3 Å². The van der Waals surface area contributed by atoms with Gasteiger partial charge in [-0.25, -0.2) is 4.39 Å². The molecule has 0 saturated carbocycles. The molecule has 0 spiro atoms. The largest absolute Gasteiger partial charge is 0.379 e. The van der Waals surface area contributed by atoms with Gasteiger partial charge in [0.1, 0.15) is 5.82 Å². The standard InChI is InChI=1S/C17H23FN2O4/c1-23-15-11-24-9-6-13(15)10-16(21)19-7-8-20-17(22)12-2-4-14(18)5-3-12/h2-5,13,15H,6-11H2,1H3,(H,19,21)(H,20,22). The Morgan fingerprint density at radius 3 is 2.67 bits per heavy atom. The summed E-state index contributed by atoms with van der Waals surface area (Å²) in [6.45, 7) is 1.81. The Morgan fingerprint density at radius 2 is 1.96 bits per heavy atom. The van der Waals surface area contributed by atoms with Crippen LogP contribution in [0.2, 0.25) is 0 Å². The van der Waals surface area contributed by atoms with Crippen molar-refractivity contribution in [2.45, 2.75) is 18.9 Å². The van der Waals surface area contributed by atoms with Crippen LogP contribution >= 0.6 is 0 Å². The molecule has 1 aromatic rings. The highest BCUT2D eigenvalue weighted by molar-refractivity contribution is 5.94. The minimum atomic E-state index is -0.388. The van der Waals surface area contributed by atoms with E-state index in [4.69, 9.17) is 9.47 Å². The fraction of sp³-hybridized carbons (Fsp3) is 0.529. The van der Waals surface area contributed by atoms with E-state index in [-0.39, 0.29) is 29.7 Å². The molecule has 0 aliphatic carbocycles. The van der Waals surface area contributed by atoms with E-state index in [9.17, 15) is 14.0 Å². The van der Waals surface area contributed by atoms with E-state index in [2.05, 4.69) is 10.6 Å². The first-order valence-electron chi connectivity index (χ1n) is 8.01. The Labute approximate surface area is 140 Å². The molecule has 1 heterocycles. The Kier molecular flexibility index (Phi) is 7.14. The number of carbonyl (C=O) groups is 2. The molecule has 1 aliphatic rings. The molecule has 1 aromatic carbocycles. The maximum atomic E-state index is 12.8. The Bertz CT molecular complexity index is 550. The molecule has 0 bridgehead atoms. The molecular formula is C17H23FN2O4. The minimum absolute atomic E-state index is 0.0531. The summed E-state index contributed by atoms with van der Waals surface area (Å²) in [6, 6.07) is 5.30. The van der Waals surface area contributed by atoms with E-state index in [1.165, 1.54) is 24.3 Å². The first-order chi connectivity index (χ1) is 11.6. The van der Waals surface area contributed by atoms with E-state index < -0.39 is 0 Å². The van der Waals surface area contributed by atoms with Crippen molar-refractivity contribution in [3.63, 3.8) is 0 Å². The SMILES string of the molecule is COC1COCCC1CC(=O)NCCNC(=O)c1ccc(F)cc1. The lowest BCUT2D eigenvalue weighted by Gasteiger charge is -2.29. The second kappa shape index (κ2) is 9.34. The van der Waals surface area contributed by atoms with Gasteiger partial charge in [0.05, 0.1) is 12.7 Å². The van der Waals surface area contributed by atoms with Gasteiger partial charge in [-0.1, -0.05) is 0 Å². The van der Waals surface area contributed by atoms with Gasteiger partial charge in [-0.05, 0) is 36.6 Å². The second-order valence-electron chi connectivity index (χ2n) is 5.71. The number of methoxy groups -OCH3 is 1. The number of ether oxygens (including phenoxy) is 2. The number of hydrogen-bond donors (Lipinski definition) is 2. The number of benzene rings is 1. The molecule has 132 valence electrons. The van der Waals surface area contributed by atoms with Crippen molar-refractivity contribution >= 4 is 11.8 Å². The van der Waals surface area contributed by atoms with E-state index in [0.717, 1.165) is 6.42 Å². The van der Waals surface area contributed by atoms with Crippen molar-refractivity contribution in [2.24, 2.45) is 5.92 Å². The minimum Gasteiger partial charge on any atom is -0.379 e. The molecule has 1 saturated heterocycles. The highest BCUT2D eigenvalue weighted by atomic mass is 19.1. The average molecular weight is 338 g/mol. The Balaban J connectivity index is 1.65. The summed E-state index contributed by atoms with van der Waals surface area (Å²) in [7, 11) is 1.62. The van der Waals surface area contributed by atoms with E-state index in [0.29, 0.717) is 38.3 Å². The lowest BCUT2D eigenvalue weighted by atomic mass is 9.93.